The van der Waals surface area contributed by atoms with Crippen LogP contribution in [0, 0.1) is 10.8 Å². The van der Waals surface area contributed by atoms with Crippen LogP contribution in [-0.4, -0.2) is 23.1 Å². The SMILES string of the molecule is CC1(C)CC(C)(C)[C@H](C(=O)O)OC1=O. The molecule has 1 fully saturated rings. The molecule has 1 heterocycles. The quantitative estimate of drug-likeness (QED) is 0.650. The van der Waals surface area contributed by atoms with Crippen molar-refractivity contribution in [1.29, 1.82) is 0 Å². The third-order valence-corrected chi connectivity index (χ3v) is 2.61. The summed E-state index contributed by atoms with van der Waals surface area (Å²) in [6.07, 6.45) is -0.501. The summed E-state index contributed by atoms with van der Waals surface area (Å²) in [6.45, 7) is 7.16. The second-order valence-electron chi connectivity index (χ2n) is 5.17. The van der Waals surface area contributed by atoms with Crippen LogP contribution >= 0.6 is 0 Å². The minimum absolute atomic E-state index is 0.427. The zero-order valence-corrected chi connectivity index (χ0v) is 8.96. The zero-order valence-electron chi connectivity index (χ0n) is 8.96. The van der Waals surface area contributed by atoms with Crippen molar-refractivity contribution >= 4 is 11.9 Å². The van der Waals surface area contributed by atoms with Gasteiger partial charge in [-0.1, -0.05) is 13.8 Å². The van der Waals surface area contributed by atoms with Gasteiger partial charge >= 0.3 is 11.9 Å². The molecule has 1 aliphatic rings. The molecule has 1 saturated heterocycles. The van der Waals surface area contributed by atoms with Crippen molar-refractivity contribution in [2.45, 2.75) is 40.2 Å². The highest BCUT2D eigenvalue weighted by molar-refractivity contribution is 5.83. The first-order valence-corrected chi connectivity index (χ1v) is 4.61. The summed E-state index contributed by atoms with van der Waals surface area (Å²) in [7, 11) is 0. The number of rotatable bonds is 1. The molecule has 0 radical (unpaired) electrons. The number of carboxylic acids is 1. The van der Waals surface area contributed by atoms with Crippen LogP contribution in [0.25, 0.3) is 0 Å². The first kappa shape index (κ1) is 11.0. The maximum absolute atomic E-state index is 11.4. The molecule has 0 amide bonds. The number of carbonyl (C=O) groups excluding carboxylic acids is 1. The van der Waals surface area contributed by atoms with Gasteiger partial charge in [-0.25, -0.2) is 4.79 Å². The molecule has 4 nitrogen and oxygen atoms in total. The van der Waals surface area contributed by atoms with Gasteiger partial charge in [0, 0.05) is 5.41 Å². The summed E-state index contributed by atoms with van der Waals surface area (Å²) in [5.74, 6) is -1.50. The fourth-order valence-electron chi connectivity index (χ4n) is 2.11. The average molecular weight is 200 g/mol. The number of cyclic esters (lactones) is 1. The van der Waals surface area contributed by atoms with Gasteiger partial charge in [0.2, 0.25) is 6.10 Å². The van der Waals surface area contributed by atoms with E-state index < -0.39 is 28.9 Å². The standard InChI is InChI=1S/C10H16O4/c1-9(2)5-10(3,4)8(13)14-6(9)7(11)12/h6H,5H2,1-4H3,(H,11,12)/t6-/m0/s1. The van der Waals surface area contributed by atoms with Gasteiger partial charge in [0.1, 0.15) is 0 Å². The van der Waals surface area contributed by atoms with Crippen LogP contribution in [-0.2, 0) is 14.3 Å². The van der Waals surface area contributed by atoms with Crippen LogP contribution in [0.5, 0.6) is 0 Å². The van der Waals surface area contributed by atoms with E-state index in [0.29, 0.717) is 6.42 Å². The van der Waals surface area contributed by atoms with Gasteiger partial charge in [0.15, 0.2) is 0 Å². The van der Waals surface area contributed by atoms with Crippen molar-refractivity contribution in [2.24, 2.45) is 10.8 Å². The highest BCUT2D eigenvalue weighted by Crippen LogP contribution is 2.43. The fourth-order valence-corrected chi connectivity index (χ4v) is 2.11. The summed E-state index contributed by atoms with van der Waals surface area (Å²) in [6, 6.07) is 0. The lowest BCUT2D eigenvalue weighted by molar-refractivity contribution is -0.192. The second kappa shape index (κ2) is 2.97. The summed E-state index contributed by atoms with van der Waals surface area (Å²) < 4.78 is 4.94. The smallest absolute Gasteiger partial charge is 0.345 e. The molecule has 0 saturated carbocycles. The summed E-state index contributed by atoms with van der Waals surface area (Å²) in [5.41, 5.74) is -1.10. The molecule has 1 rings (SSSR count). The molecule has 0 unspecified atom stereocenters. The van der Waals surface area contributed by atoms with E-state index >= 15 is 0 Å². The molecule has 0 aromatic rings. The van der Waals surface area contributed by atoms with Crippen LogP contribution in [0.15, 0.2) is 0 Å². The third-order valence-electron chi connectivity index (χ3n) is 2.61. The Morgan fingerprint density at radius 1 is 1.43 bits per heavy atom. The van der Waals surface area contributed by atoms with Crippen molar-refractivity contribution in [3.05, 3.63) is 0 Å². The van der Waals surface area contributed by atoms with Crippen molar-refractivity contribution in [3.63, 3.8) is 0 Å². The minimum atomic E-state index is -1.07. The van der Waals surface area contributed by atoms with Crippen LogP contribution in [0.2, 0.25) is 0 Å². The normalized spacial score (nSPS) is 29.4. The number of aliphatic carboxylic acids is 1. The van der Waals surface area contributed by atoms with Crippen molar-refractivity contribution in [3.8, 4) is 0 Å². The largest absolute Gasteiger partial charge is 0.478 e. The Balaban J connectivity index is 2.96. The number of carboxylic acid groups (broad SMARTS) is 1. The Kier molecular flexibility index (Phi) is 2.34. The lowest BCUT2D eigenvalue weighted by Crippen LogP contribution is -2.51. The summed E-state index contributed by atoms with van der Waals surface area (Å²) in [4.78, 5) is 22.3. The van der Waals surface area contributed by atoms with Gasteiger partial charge in [-0.05, 0) is 20.3 Å². The zero-order chi connectivity index (χ0) is 11.1. The van der Waals surface area contributed by atoms with Crippen LogP contribution in [0.4, 0.5) is 0 Å². The van der Waals surface area contributed by atoms with Crippen LogP contribution in [0.3, 0.4) is 0 Å². The van der Waals surface area contributed by atoms with Crippen molar-refractivity contribution < 1.29 is 19.4 Å². The Morgan fingerprint density at radius 2 is 1.93 bits per heavy atom. The molecular formula is C10H16O4. The minimum Gasteiger partial charge on any atom is -0.478 e. The summed E-state index contributed by atoms with van der Waals surface area (Å²) >= 11 is 0. The van der Waals surface area contributed by atoms with E-state index in [-0.39, 0.29) is 0 Å². The van der Waals surface area contributed by atoms with Crippen molar-refractivity contribution in [2.75, 3.05) is 0 Å². The molecule has 0 spiro atoms. The van der Waals surface area contributed by atoms with Gasteiger partial charge in [-0.15, -0.1) is 0 Å². The van der Waals surface area contributed by atoms with E-state index in [1.807, 2.05) is 0 Å². The highest BCUT2D eigenvalue weighted by Gasteiger charge is 2.50. The third kappa shape index (κ3) is 1.74. The predicted octanol–water partition coefficient (Wildman–Crippen LogP) is 1.44. The highest BCUT2D eigenvalue weighted by atomic mass is 16.6. The van der Waals surface area contributed by atoms with Gasteiger partial charge < -0.3 is 9.84 Å². The molecule has 0 bridgehead atoms. The molecule has 0 aliphatic carbocycles. The summed E-state index contributed by atoms with van der Waals surface area (Å²) in [5, 5.41) is 8.88. The van der Waals surface area contributed by atoms with E-state index in [1.165, 1.54) is 0 Å². The predicted molar refractivity (Wildman–Crippen MR) is 49.7 cm³/mol. The van der Waals surface area contributed by atoms with Gasteiger partial charge in [0.05, 0.1) is 5.41 Å². The van der Waals surface area contributed by atoms with E-state index in [4.69, 9.17) is 9.84 Å². The first-order chi connectivity index (χ1) is 6.17. The van der Waals surface area contributed by atoms with Gasteiger partial charge in [-0.3, -0.25) is 4.79 Å². The molecule has 4 heteroatoms. The maximum Gasteiger partial charge on any atom is 0.345 e. The lowest BCUT2D eigenvalue weighted by atomic mass is 9.70. The van der Waals surface area contributed by atoms with Crippen molar-refractivity contribution in [1.82, 2.24) is 0 Å². The molecule has 1 aliphatic heterocycles. The number of ether oxygens (including phenoxy) is 1. The second-order valence-corrected chi connectivity index (χ2v) is 5.17. The molecule has 0 aromatic heterocycles. The van der Waals surface area contributed by atoms with Gasteiger partial charge in [-0.2, -0.15) is 0 Å². The molecule has 1 N–H and O–H groups in total. The van der Waals surface area contributed by atoms with E-state index in [0.717, 1.165) is 0 Å². The Morgan fingerprint density at radius 3 is 2.36 bits per heavy atom. The Labute approximate surface area is 83.2 Å². The number of esters is 1. The van der Waals surface area contributed by atoms with Crippen LogP contribution < -0.4 is 0 Å². The first-order valence-electron chi connectivity index (χ1n) is 4.61. The molecule has 1 atom stereocenters. The van der Waals surface area contributed by atoms with E-state index in [1.54, 1.807) is 27.7 Å². The topological polar surface area (TPSA) is 63.6 Å². The van der Waals surface area contributed by atoms with Crippen LogP contribution in [0.1, 0.15) is 34.1 Å². The monoisotopic (exact) mass is 200 g/mol. The maximum atomic E-state index is 11.4. The number of hydrogen-bond donors (Lipinski definition) is 1. The van der Waals surface area contributed by atoms with E-state index in [9.17, 15) is 9.59 Å². The molecular weight excluding hydrogens is 184 g/mol. The van der Waals surface area contributed by atoms with E-state index in [2.05, 4.69) is 0 Å². The molecule has 0 aromatic carbocycles. The molecule has 14 heavy (non-hydrogen) atoms. The Bertz CT molecular complexity index is 278. The lowest BCUT2D eigenvalue weighted by Gasteiger charge is -2.42. The number of hydrogen-bond acceptors (Lipinski definition) is 3. The van der Waals surface area contributed by atoms with Gasteiger partial charge in [0.25, 0.3) is 0 Å². The fraction of sp³-hybridized carbons (Fsp3) is 0.800. The Hall–Kier alpha value is -1.06. The average Bonchev–Trinajstić information content (AvgIpc) is 1.93. The number of carbonyl (C=O) groups is 2. The molecule has 80 valence electrons.